The fourth-order valence-electron chi connectivity index (χ4n) is 4.03. The standard InChI is InChI=1S/C12H17Cl/c1-8-2-9-3-10-4-11(8)7-12(13,5-9)6-10/h9-11H,1-7H2. The zero-order valence-corrected chi connectivity index (χ0v) is 8.82. The number of hydrogen-bond acceptors (Lipinski definition) is 0. The van der Waals surface area contributed by atoms with Crippen LogP contribution in [0.3, 0.4) is 0 Å². The van der Waals surface area contributed by atoms with Gasteiger partial charge in [0.05, 0.1) is 0 Å². The highest BCUT2D eigenvalue weighted by atomic mass is 35.5. The molecule has 4 aliphatic carbocycles. The molecule has 0 N–H and O–H groups in total. The molecule has 0 amide bonds. The summed E-state index contributed by atoms with van der Waals surface area (Å²) in [5, 5.41) is 0. The highest BCUT2D eigenvalue weighted by molar-refractivity contribution is 6.24. The zero-order chi connectivity index (χ0) is 9.05. The van der Waals surface area contributed by atoms with Gasteiger partial charge in [0.15, 0.2) is 0 Å². The highest BCUT2D eigenvalue weighted by Gasteiger charge is 2.48. The number of rotatable bonds is 0. The predicted octanol–water partition coefficient (Wildman–Crippen LogP) is 3.75. The minimum atomic E-state index is 0.177. The molecule has 0 heterocycles. The van der Waals surface area contributed by atoms with Crippen molar-refractivity contribution >= 4 is 11.6 Å². The van der Waals surface area contributed by atoms with Gasteiger partial charge in [-0.25, -0.2) is 0 Å². The van der Waals surface area contributed by atoms with Crippen molar-refractivity contribution < 1.29 is 0 Å². The van der Waals surface area contributed by atoms with Gasteiger partial charge >= 0.3 is 0 Å². The van der Waals surface area contributed by atoms with Gasteiger partial charge in [0, 0.05) is 4.87 Å². The van der Waals surface area contributed by atoms with Crippen molar-refractivity contribution in [2.45, 2.75) is 43.4 Å². The van der Waals surface area contributed by atoms with Crippen LogP contribution < -0.4 is 0 Å². The summed E-state index contributed by atoms with van der Waals surface area (Å²) >= 11 is 6.66. The summed E-state index contributed by atoms with van der Waals surface area (Å²) in [5.74, 6) is 2.56. The molecule has 0 nitrogen and oxygen atoms in total. The molecule has 4 bridgehead atoms. The van der Waals surface area contributed by atoms with Gasteiger partial charge < -0.3 is 0 Å². The van der Waals surface area contributed by atoms with Crippen molar-refractivity contribution in [2.75, 3.05) is 0 Å². The Morgan fingerprint density at radius 2 is 1.92 bits per heavy atom. The maximum atomic E-state index is 6.66. The van der Waals surface area contributed by atoms with E-state index in [-0.39, 0.29) is 4.87 Å². The summed E-state index contributed by atoms with van der Waals surface area (Å²) in [7, 11) is 0. The van der Waals surface area contributed by atoms with Gasteiger partial charge in [0.25, 0.3) is 0 Å². The quantitative estimate of drug-likeness (QED) is 0.409. The van der Waals surface area contributed by atoms with E-state index in [1.54, 1.807) is 0 Å². The molecule has 4 rings (SSSR count). The fourth-order valence-corrected chi connectivity index (χ4v) is 4.66. The number of fused-ring (bicyclic) bond motifs is 1. The van der Waals surface area contributed by atoms with Gasteiger partial charge in [0.1, 0.15) is 0 Å². The first-order chi connectivity index (χ1) is 6.15. The Morgan fingerprint density at radius 3 is 2.69 bits per heavy atom. The molecule has 0 aliphatic heterocycles. The number of alkyl halides is 1. The van der Waals surface area contributed by atoms with E-state index in [2.05, 4.69) is 6.58 Å². The van der Waals surface area contributed by atoms with E-state index in [1.165, 1.54) is 44.1 Å². The largest absolute Gasteiger partial charge is 0.119 e. The highest BCUT2D eigenvalue weighted by Crippen LogP contribution is 2.57. The lowest BCUT2D eigenvalue weighted by Gasteiger charge is -2.44. The van der Waals surface area contributed by atoms with Crippen molar-refractivity contribution in [3.8, 4) is 0 Å². The van der Waals surface area contributed by atoms with E-state index in [9.17, 15) is 0 Å². The molecule has 0 radical (unpaired) electrons. The number of halogens is 1. The average molecular weight is 197 g/mol. The second-order valence-corrected chi connectivity index (χ2v) is 6.33. The first kappa shape index (κ1) is 8.35. The van der Waals surface area contributed by atoms with Crippen LogP contribution in [0.1, 0.15) is 38.5 Å². The molecule has 0 spiro atoms. The molecule has 4 unspecified atom stereocenters. The van der Waals surface area contributed by atoms with Crippen molar-refractivity contribution in [1.29, 1.82) is 0 Å². The lowest BCUT2D eigenvalue weighted by atomic mass is 9.67. The summed E-state index contributed by atoms with van der Waals surface area (Å²) in [5.41, 5.74) is 1.51. The van der Waals surface area contributed by atoms with E-state index in [0.29, 0.717) is 0 Å². The van der Waals surface area contributed by atoms with E-state index >= 15 is 0 Å². The summed E-state index contributed by atoms with van der Waals surface area (Å²) in [6, 6.07) is 0. The van der Waals surface area contributed by atoms with E-state index < -0.39 is 0 Å². The molecule has 0 saturated heterocycles. The van der Waals surface area contributed by atoms with Gasteiger partial charge in [-0.3, -0.25) is 0 Å². The van der Waals surface area contributed by atoms with Crippen LogP contribution in [-0.4, -0.2) is 4.87 Å². The van der Waals surface area contributed by atoms with Crippen molar-refractivity contribution in [3.05, 3.63) is 12.2 Å². The van der Waals surface area contributed by atoms with Crippen LogP contribution in [0.2, 0.25) is 0 Å². The third-order valence-corrected chi connectivity index (χ3v) is 4.80. The molecule has 13 heavy (non-hydrogen) atoms. The molecular formula is C12H17Cl. The molecule has 0 aromatic rings. The number of allylic oxidation sites excluding steroid dienone is 1. The van der Waals surface area contributed by atoms with Gasteiger partial charge in [-0.1, -0.05) is 12.2 Å². The predicted molar refractivity (Wildman–Crippen MR) is 55.9 cm³/mol. The van der Waals surface area contributed by atoms with Gasteiger partial charge in [-0.2, -0.15) is 0 Å². The topological polar surface area (TPSA) is 0 Å². The Labute approximate surface area is 85.3 Å². The summed E-state index contributed by atoms with van der Waals surface area (Å²) in [6.07, 6.45) is 7.87. The fraction of sp³-hybridized carbons (Fsp3) is 0.833. The third kappa shape index (κ3) is 1.26. The Morgan fingerprint density at radius 1 is 1.15 bits per heavy atom. The molecule has 4 atom stereocenters. The van der Waals surface area contributed by atoms with E-state index in [4.69, 9.17) is 11.6 Å². The zero-order valence-electron chi connectivity index (χ0n) is 8.06. The van der Waals surface area contributed by atoms with Crippen molar-refractivity contribution in [2.24, 2.45) is 17.8 Å². The van der Waals surface area contributed by atoms with Crippen molar-refractivity contribution in [1.82, 2.24) is 0 Å². The number of hydrogen-bond donors (Lipinski definition) is 0. The average Bonchev–Trinajstić information content (AvgIpc) is 2.12. The SMILES string of the molecule is C=C1CC2CC3CC1CC(Cl)(C2)C3. The van der Waals surface area contributed by atoms with Crippen molar-refractivity contribution in [3.63, 3.8) is 0 Å². The maximum absolute atomic E-state index is 6.66. The van der Waals surface area contributed by atoms with Gasteiger partial charge in [-0.05, 0) is 56.3 Å². The van der Waals surface area contributed by atoms with Crippen LogP contribution >= 0.6 is 11.6 Å². The Kier molecular flexibility index (Phi) is 1.63. The first-order valence-corrected chi connectivity index (χ1v) is 5.89. The summed E-state index contributed by atoms with van der Waals surface area (Å²) < 4.78 is 0. The molecule has 4 saturated carbocycles. The second-order valence-electron chi connectivity index (χ2n) is 5.53. The molecule has 0 aromatic carbocycles. The Balaban J connectivity index is 2.00. The second kappa shape index (κ2) is 2.53. The molecule has 4 fully saturated rings. The molecule has 4 aliphatic rings. The monoisotopic (exact) mass is 196 g/mol. The summed E-state index contributed by atoms with van der Waals surface area (Å²) in [6.45, 7) is 4.24. The van der Waals surface area contributed by atoms with Crippen LogP contribution in [-0.2, 0) is 0 Å². The third-order valence-electron chi connectivity index (χ3n) is 4.33. The minimum absolute atomic E-state index is 0.177. The molecule has 1 heteroatoms. The van der Waals surface area contributed by atoms with Crippen LogP contribution in [0, 0.1) is 17.8 Å². The Hall–Kier alpha value is 0.0300. The van der Waals surface area contributed by atoms with Crippen LogP contribution in [0.5, 0.6) is 0 Å². The lowest BCUT2D eigenvalue weighted by molar-refractivity contribution is 0.157. The van der Waals surface area contributed by atoms with Crippen LogP contribution in [0.15, 0.2) is 12.2 Å². The van der Waals surface area contributed by atoms with E-state index in [0.717, 1.165) is 17.8 Å². The van der Waals surface area contributed by atoms with Gasteiger partial charge in [0.2, 0.25) is 0 Å². The van der Waals surface area contributed by atoms with Crippen LogP contribution in [0.4, 0.5) is 0 Å². The minimum Gasteiger partial charge on any atom is -0.119 e. The summed E-state index contributed by atoms with van der Waals surface area (Å²) in [4.78, 5) is 0.177. The molecular weight excluding hydrogens is 180 g/mol. The molecule has 0 aromatic heterocycles. The Bertz CT molecular complexity index is 258. The maximum Gasteiger partial charge on any atom is 0.0458 e. The molecule has 72 valence electrons. The lowest BCUT2D eigenvalue weighted by Crippen LogP contribution is -2.38. The van der Waals surface area contributed by atoms with Crippen LogP contribution in [0.25, 0.3) is 0 Å². The van der Waals surface area contributed by atoms with Gasteiger partial charge in [-0.15, -0.1) is 11.6 Å². The first-order valence-electron chi connectivity index (χ1n) is 5.51. The van der Waals surface area contributed by atoms with E-state index in [1.807, 2.05) is 0 Å². The normalized spacial score (nSPS) is 53.9. The smallest absolute Gasteiger partial charge is 0.0458 e.